The number of hydrogen-bond acceptors (Lipinski definition) is 18. The SMILES string of the molecule is CO/N=C(\C(=O)N[C@@H]1C(=O)[N@+](NC(=O)C2=CC(=O)C(O)C=N2)(C(=O)NS(=O)(=O)N2CCNC2=O)C1COC(=O)OC)c1csc(N)n1. The number of aromatic nitrogens is 1. The van der Waals surface area contributed by atoms with E-state index in [1.165, 1.54) is 10.1 Å². The molecule has 3 aliphatic heterocycles. The van der Waals surface area contributed by atoms with E-state index in [1.54, 1.807) is 0 Å². The predicted molar refractivity (Wildman–Crippen MR) is 153 cm³/mol. The van der Waals surface area contributed by atoms with E-state index in [-0.39, 0.29) is 21.7 Å². The average molecular weight is 702 g/mol. The first kappa shape index (κ1) is 34.3. The zero-order valence-electron chi connectivity index (χ0n) is 24.1. The van der Waals surface area contributed by atoms with Crippen LogP contribution in [0.4, 0.5) is 19.5 Å². The summed E-state index contributed by atoms with van der Waals surface area (Å²) in [5.74, 6) is -4.97. The highest BCUT2D eigenvalue weighted by Crippen LogP contribution is 2.31. The molecule has 7 N–H and O–H groups in total. The zero-order valence-corrected chi connectivity index (χ0v) is 25.7. The van der Waals surface area contributed by atoms with Crippen molar-refractivity contribution in [3.05, 3.63) is 22.8 Å². The number of thiazole rings is 1. The molecule has 2 fully saturated rings. The van der Waals surface area contributed by atoms with Crippen LogP contribution in [-0.2, 0) is 43.7 Å². The number of nitrogen functional groups attached to an aromatic ring is 1. The summed E-state index contributed by atoms with van der Waals surface area (Å²) in [6, 6.07) is -6.60. The Balaban J connectivity index is 1.75. The number of oxime groups is 1. The van der Waals surface area contributed by atoms with Crippen LogP contribution in [0.2, 0.25) is 0 Å². The summed E-state index contributed by atoms with van der Waals surface area (Å²) in [6.45, 7) is -1.53. The van der Waals surface area contributed by atoms with Crippen LogP contribution in [0.1, 0.15) is 5.69 Å². The number of carbonyl (C=O) groups is 7. The van der Waals surface area contributed by atoms with Crippen molar-refractivity contribution >= 4 is 80.3 Å². The summed E-state index contributed by atoms with van der Waals surface area (Å²) in [6.07, 6.45) is -1.79. The average Bonchev–Trinajstić information content (AvgIpc) is 3.67. The number of rotatable bonds is 9. The number of β-lactam (4-membered cyclic amide) rings is 1. The molecule has 25 heteroatoms. The van der Waals surface area contributed by atoms with E-state index in [9.17, 15) is 47.1 Å². The number of amides is 7. The first-order valence-electron chi connectivity index (χ1n) is 12.9. The number of ketones is 1. The largest absolute Gasteiger partial charge is 0.508 e. The lowest BCUT2D eigenvalue weighted by Crippen LogP contribution is -2.90. The Labute approximate surface area is 267 Å². The lowest BCUT2D eigenvalue weighted by atomic mass is 9.93. The van der Waals surface area contributed by atoms with Gasteiger partial charge < -0.3 is 35.8 Å². The minimum Gasteiger partial charge on any atom is -0.438 e. The lowest BCUT2D eigenvalue weighted by Gasteiger charge is -2.48. The van der Waals surface area contributed by atoms with Crippen molar-refractivity contribution in [3.8, 4) is 0 Å². The molecule has 0 saturated carbocycles. The number of likely N-dealkylation sites (tertiary alicyclic amines) is 1. The normalized spacial score (nSPS) is 24.0. The molecule has 2 unspecified atom stereocenters. The van der Waals surface area contributed by atoms with Gasteiger partial charge in [0.2, 0.25) is 6.04 Å². The van der Waals surface area contributed by atoms with Gasteiger partial charge in [-0.15, -0.1) is 11.3 Å². The van der Waals surface area contributed by atoms with Gasteiger partial charge in [-0.1, -0.05) is 9.75 Å². The number of hydrogen-bond donors (Lipinski definition) is 6. The van der Waals surface area contributed by atoms with Crippen molar-refractivity contribution in [1.82, 2.24) is 30.1 Å². The maximum Gasteiger partial charge on any atom is 0.508 e. The zero-order chi connectivity index (χ0) is 34.7. The van der Waals surface area contributed by atoms with Gasteiger partial charge >= 0.3 is 40.2 Å². The Kier molecular flexibility index (Phi) is 9.83. The highest BCUT2D eigenvalue weighted by molar-refractivity contribution is 7.88. The second kappa shape index (κ2) is 13.4. The molecule has 0 spiro atoms. The molecule has 0 aromatic carbocycles. The standard InChI is InChI=1S/C22H24N10O13S2/c1-43-22(40)45-7-11-15(27-17(36)14(29-44-2)10-8-46-19(23)26-10)18(37)32(11,28-16(35)9-5-12(33)13(34)6-25-9)21(39)30-47(41,42)31-4-3-24-20(31)38/h5-6,8,11,13,15,34H,3-4,7H2,1-2H3,(H5-,23,24,26,27,28,30,35,36,38,39)/p+1/b29-14-/t11?,13?,15-,32-/m0/s1. The van der Waals surface area contributed by atoms with E-state index in [4.69, 9.17) is 10.5 Å². The number of imide groups is 1. The summed E-state index contributed by atoms with van der Waals surface area (Å²) in [5.41, 5.74) is 6.28. The van der Waals surface area contributed by atoms with Crippen molar-refractivity contribution in [1.29, 1.82) is 0 Å². The number of ether oxygens (including phenoxy) is 2. The Morgan fingerprint density at radius 1 is 1.26 bits per heavy atom. The predicted octanol–water partition coefficient (Wildman–Crippen LogP) is -4.02. The number of anilines is 1. The van der Waals surface area contributed by atoms with Crippen LogP contribution in [0.25, 0.3) is 0 Å². The van der Waals surface area contributed by atoms with Crippen molar-refractivity contribution in [3.63, 3.8) is 0 Å². The van der Waals surface area contributed by atoms with Gasteiger partial charge in [-0.3, -0.25) is 19.4 Å². The molecular formula is C22H25N10O13S2+. The van der Waals surface area contributed by atoms with Crippen molar-refractivity contribution in [2.45, 2.75) is 18.2 Å². The minimum atomic E-state index is -5.03. The molecule has 0 radical (unpaired) electrons. The molecule has 0 aliphatic carbocycles. The van der Waals surface area contributed by atoms with Crippen molar-refractivity contribution in [2.75, 3.05) is 39.6 Å². The fourth-order valence-corrected chi connectivity index (χ4v) is 5.99. The number of aliphatic hydroxyl groups is 1. The number of nitrogens with two attached hydrogens (primary N) is 1. The maximum atomic E-state index is 13.9. The Hall–Kier alpha value is -5.53. The molecular weight excluding hydrogens is 676 g/mol. The summed E-state index contributed by atoms with van der Waals surface area (Å²) < 4.78 is 35.0. The second-order valence-electron chi connectivity index (χ2n) is 9.35. The lowest BCUT2D eigenvalue weighted by molar-refractivity contribution is -0.868. The summed E-state index contributed by atoms with van der Waals surface area (Å²) in [7, 11) is -3.01. The third-order valence-electron chi connectivity index (χ3n) is 6.56. The Morgan fingerprint density at radius 2 is 1.98 bits per heavy atom. The highest BCUT2D eigenvalue weighted by atomic mass is 32.2. The number of aliphatic imine (C=N–C) groups is 1. The van der Waals surface area contributed by atoms with Crippen LogP contribution in [0.5, 0.6) is 0 Å². The number of quaternary nitrogens is 1. The van der Waals surface area contributed by atoms with Gasteiger partial charge in [-0.05, 0) is 0 Å². The first-order valence-corrected chi connectivity index (χ1v) is 15.2. The summed E-state index contributed by atoms with van der Waals surface area (Å²) in [5, 5.41) is 19.0. The Bertz CT molecular complexity index is 1740. The number of carbonyl (C=O) groups excluding carboxylic acids is 7. The molecule has 0 bridgehead atoms. The van der Waals surface area contributed by atoms with Gasteiger partial charge in [-0.25, -0.2) is 28.5 Å². The third kappa shape index (κ3) is 6.71. The summed E-state index contributed by atoms with van der Waals surface area (Å²) in [4.78, 5) is 102. The minimum absolute atomic E-state index is 0.0364. The smallest absolute Gasteiger partial charge is 0.438 e. The first-order chi connectivity index (χ1) is 22.2. The quantitative estimate of drug-likeness (QED) is 0.0470. The van der Waals surface area contributed by atoms with E-state index < -0.39 is 99.3 Å². The topological polar surface area (TPSA) is 317 Å². The highest BCUT2D eigenvalue weighted by Gasteiger charge is 2.72. The number of aliphatic hydroxyl groups excluding tert-OH is 1. The van der Waals surface area contributed by atoms with Gasteiger partial charge in [0.15, 0.2) is 35.4 Å². The Morgan fingerprint density at radius 3 is 2.55 bits per heavy atom. The van der Waals surface area contributed by atoms with Gasteiger partial charge in [0, 0.05) is 24.2 Å². The fourth-order valence-electron chi connectivity index (χ4n) is 4.35. The molecule has 23 nitrogen and oxygen atoms in total. The number of urea groups is 2. The molecule has 7 amide bonds. The van der Waals surface area contributed by atoms with Crippen LogP contribution >= 0.6 is 11.3 Å². The van der Waals surface area contributed by atoms with Crippen LogP contribution in [0.15, 0.2) is 27.3 Å². The molecule has 47 heavy (non-hydrogen) atoms. The number of nitrogens with zero attached hydrogens (tertiary/aromatic N) is 5. The van der Waals surface area contributed by atoms with E-state index in [2.05, 4.69) is 35.3 Å². The van der Waals surface area contributed by atoms with Crippen molar-refractivity contribution in [2.24, 2.45) is 10.1 Å². The molecule has 1 aromatic rings. The fraction of sp³-hybridized carbons (Fsp3) is 0.364. The molecule has 4 atom stereocenters. The van der Waals surface area contributed by atoms with Crippen LogP contribution in [0, 0.1) is 0 Å². The maximum absolute atomic E-state index is 13.9. The molecule has 4 rings (SSSR count). The second-order valence-corrected chi connectivity index (χ2v) is 11.8. The van der Waals surface area contributed by atoms with E-state index >= 15 is 0 Å². The molecule has 3 aliphatic rings. The molecule has 252 valence electrons. The third-order valence-corrected chi connectivity index (χ3v) is 8.60. The van der Waals surface area contributed by atoms with E-state index in [0.29, 0.717) is 12.3 Å². The van der Waals surface area contributed by atoms with Crippen LogP contribution < -0.4 is 26.5 Å². The van der Waals surface area contributed by atoms with Gasteiger partial charge in [0.1, 0.15) is 18.5 Å². The molecule has 2 saturated heterocycles. The van der Waals surface area contributed by atoms with Crippen molar-refractivity contribution < 1.29 is 66.0 Å². The molecule has 1 aromatic heterocycles. The number of nitrogens with one attached hydrogen (secondary N) is 4. The van der Waals surface area contributed by atoms with Crippen LogP contribution in [-0.4, -0.2) is 133 Å². The van der Waals surface area contributed by atoms with E-state index in [1.807, 2.05) is 5.43 Å². The summed E-state index contributed by atoms with van der Waals surface area (Å²) >= 11 is 0.932. The van der Waals surface area contributed by atoms with Gasteiger partial charge in [0.25, 0.3) is 5.91 Å². The van der Waals surface area contributed by atoms with Gasteiger partial charge in [0.05, 0.1) is 13.7 Å². The van der Waals surface area contributed by atoms with E-state index in [0.717, 1.165) is 25.6 Å². The number of methoxy groups -OCH3 is 1. The monoisotopic (exact) mass is 701 g/mol. The van der Waals surface area contributed by atoms with Gasteiger partial charge in [-0.2, -0.15) is 18.6 Å². The molecule has 4 heterocycles. The van der Waals surface area contributed by atoms with Crippen LogP contribution in [0.3, 0.4) is 0 Å².